The van der Waals surface area contributed by atoms with Gasteiger partial charge in [0.15, 0.2) is 11.0 Å². The Bertz CT molecular complexity index is 1190. The highest BCUT2D eigenvalue weighted by molar-refractivity contribution is 7.98. The quantitative estimate of drug-likeness (QED) is 0.344. The second-order valence-electron chi connectivity index (χ2n) is 8.08. The second kappa shape index (κ2) is 9.84. The summed E-state index contributed by atoms with van der Waals surface area (Å²) in [6.07, 6.45) is 3.65. The number of aromatic nitrogens is 5. The van der Waals surface area contributed by atoms with Gasteiger partial charge in [0.25, 0.3) is 0 Å². The molecule has 1 aliphatic heterocycles. The predicted molar refractivity (Wildman–Crippen MR) is 124 cm³/mol. The van der Waals surface area contributed by atoms with E-state index in [4.69, 9.17) is 4.42 Å². The minimum atomic E-state index is -0.272. The van der Waals surface area contributed by atoms with Gasteiger partial charge in [0.2, 0.25) is 11.8 Å². The molecule has 0 amide bonds. The summed E-state index contributed by atoms with van der Waals surface area (Å²) in [6, 6.07) is 16.2. The van der Waals surface area contributed by atoms with Crippen molar-refractivity contribution in [1.29, 1.82) is 0 Å². The number of halogens is 1. The van der Waals surface area contributed by atoms with Crippen LogP contribution < -0.4 is 0 Å². The highest BCUT2D eigenvalue weighted by atomic mass is 32.2. The first-order valence-electron chi connectivity index (χ1n) is 11.1. The molecule has 0 N–H and O–H groups in total. The lowest BCUT2D eigenvalue weighted by atomic mass is 10.1. The Hall–Kier alpha value is -3.04. The SMILES string of the molecule is CC(c1nnc(SCc2nnc(-c3ccccc3)o2)n1-c1ccc(F)cc1)N1CCCCC1. The van der Waals surface area contributed by atoms with Crippen LogP contribution in [0.2, 0.25) is 0 Å². The monoisotopic (exact) mass is 464 g/mol. The van der Waals surface area contributed by atoms with Gasteiger partial charge in [-0.1, -0.05) is 36.4 Å². The third-order valence-electron chi connectivity index (χ3n) is 5.87. The van der Waals surface area contributed by atoms with Crippen LogP contribution in [0.1, 0.15) is 43.9 Å². The largest absolute Gasteiger partial charge is 0.420 e. The topological polar surface area (TPSA) is 72.9 Å². The van der Waals surface area contributed by atoms with Crippen molar-refractivity contribution in [2.45, 2.75) is 43.1 Å². The Kier molecular flexibility index (Phi) is 6.50. The summed E-state index contributed by atoms with van der Waals surface area (Å²) >= 11 is 1.47. The first-order valence-corrected chi connectivity index (χ1v) is 12.1. The molecule has 1 atom stereocenters. The van der Waals surface area contributed by atoms with Crippen LogP contribution in [0.15, 0.2) is 64.2 Å². The molecule has 5 rings (SSSR count). The third kappa shape index (κ3) is 4.84. The van der Waals surface area contributed by atoms with Gasteiger partial charge in [0.1, 0.15) is 5.82 Å². The van der Waals surface area contributed by atoms with Crippen molar-refractivity contribution < 1.29 is 8.81 Å². The van der Waals surface area contributed by atoms with Crippen LogP contribution >= 0.6 is 11.8 Å². The molecule has 2 aromatic heterocycles. The van der Waals surface area contributed by atoms with Crippen molar-refractivity contribution >= 4 is 11.8 Å². The van der Waals surface area contributed by atoms with Crippen molar-refractivity contribution in [1.82, 2.24) is 29.9 Å². The Morgan fingerprint density at radius 3 is 2.45 bits per heavy atom. The van der Waals surface area contributed by atoms with Crippen molar-refractivity contribution in [3.63, 3.8) is 0 Å². The number of hydrogen-bond donors (Lipinski definition) is 0. The van der Waals surface area contributed by atoms with Crippen molar-refractivity contribution in [2.75, 3.05) is 13.1 Å². The summed E-state index contributed by atoms with van der Waals surface area (Å²) in [4.78, 5) is 2.44. The van der Waals surface area contributed by atoms with E-state index in [2.05, 4.69) is 32.2 Å². The number of nitrogens with zero attached hydrogens (tertiary/aromatic N) is 6. The Balaban J connectivity index is 1.40. The van der Waals surface area contributed by atoms with Gasteiger partial charge in [-0.15, -0.1) is 20.4 Å². The van der Waals surface area contributed by atoms with Crippen LogP contribution in [0.25, 0.3) is 17.1 Å². The number of piperidine rings is 1. The molecule has 33 heavy (non-hydrogen) atoms. The van der Waals surface area contributed by atoms with Crippen molar-refractivity contribution in [3.8, 4) is 17.1 Å². The smallest absolute Gasteiger partial charge is 0.247 e. The van der Waals surface area contributed by atoms with Gasteiger partial charge >= 0.3 is 0 Å². The second-order valence-corrected chi connectivity index (χ2v) is 9.02. The van der Waals surface area contributed by atoms with E-state index in [1.54, 1.807) is 12.1 Å². The molecular weight excluding hydrogens is 439 g/mol. The third-order valence-corrected chi connectivity index (χ3v) is 6.78. The fraction of sp³-hybridized carbons (Fsp3) is 0.333. The van der Waals surface area contributed by atoms with Crippen LogP contribution in [-0.2, 0) is 5.75 Å². The first-order chi connectivity index (χ1) is 16.2. The summed E-state index contributed by atoms with van der Waals surface area (Å²) in [5, 5.41) is 18.1. The molecule has 1 aliphatic rings. The summed E-state index contributed by atoms with van der Waals surface area (Å²) in [5.41, 5.74) is 1.71. The highest BCUT2D eigenvalue weighted by Gasteiger charge is 2.26. The lowest BCUT2D eigenvalue weighted by Gasteiger charge is -2.31. The molecule has 0 bridgehead atoms. The zero-order valence-corrected chi connectivity index (χ0v) is 19.2. The molecule has 4 aromatic rings. The molecule has 0 spiro atoms. The maximum Gasteiger partial charge on any atom is 0.247 e. The number of hydrogen-bond acceptors (Lipinski definition) is 7. The van der Waals surface area contributed by atoms with Crippen molar-refractivity contribution in [3.05, 3.63) is 72.1 Å². The molecule has 0 radical (unpaired) electrons. The molecule has 2 aromatic carbocycles. The maximum atomic E-state index is 13.6. The van der Waals surface area contributed by atoms with Crippen LogP contribution in [0.5, 0.6) is 0 Å². The Morgan fingerprint density at radius 1 is 0.939 bits per heavy atom. The average molecular weight is 465 g/mol. The minimum absolute atomic E-state index is 0.102. The molecule has 1 saturated heterocycles. The van der Waals surface area contributed by atoms with Gasteiger partial charge in [-0.05, 0) is 69.3 Å². The van der Waals surface area contributed by atoms with E-state index in [9.17, 15) is 4.39 Å². The lowest BCUT2D eigenvalue weighted by molar-refractivity contribution is 0.167. The summed E-state index contributed by atoms with van der Waals surface area (Å²) in [6.45, 7) is 4.25. The van der Waals surface area contributed by atoms with E-state index in [0.717, 1.165) is 30.2 Å². The normalized spacial score (nSPS) is 15.6. The molecule has 1 fully saturated rings. The van der Waals surface area contributed by atoms with Crippen LogP contribution in [0, 0.1) is 5.82 Å². The fourth-order valence-electron chi connectivity index (χ4n) is 4.08. The summed E-state index contributed by atoms with van der Waals surface area (Å²) < 4.78 is 21.5. The Morgan fingerprint density at radius 2 is 1.70 bits per heavy atom. The van der Waals surface area contributed by atoms with Gasteiger partial charge in [-0.3, -0.25) is 9.47 Å². The average Bonchev–Trinajstić information content (AvgIpc) is 3.51. The summed E-state index contributed by atoms with van der Waals surface area (Å²) in [5.74, 6) is 2.04. The zero-order chi connectivity index (χ0) is 22.6. The van der Waals surface area contributed by atoms with Gasteiger partial charge in [0.05, 0.1) is 11.8 Å². The molecule has 9 heteroatoms. The van der Waals surface area contributed by atoms with Crippen LogP contribution in [-0.4, -0.2) is 43.0 Å². The number of likely N-dealkylation sites (tertiary alicyclic amines) is 1. The van der Waals surface area contributed by atoms with E-state index in [1.165, 1.54) is 43.2 Å². The van der Waals surface area contributed by atoms with Crippen molar-refractivity contribution in [2.24, 2.45) is 0 Å². The van der Waals surface area contributed by atoms with E-state index in [1.807, 2.05) is 34.9 Å². The fourth-order valence-corrected chi connectivity index (χ4v) is 4.88. The molecule has 0 saturated carbocycles. The molecule has 3 heterocycles. The molecular formula is C24H25FN6OS. The number of benzene rings is 2. The minimum Gasteiger partial charge on any atom is -0.420 e. The molecule has 0 aliphatic carbocycles. The number of thioether (sulfide) groups is 1. The first kappa shape index (κ1) is 21.8. The van der Waals surface area contributed by atoms with Crippen LogP contribution in [0.3, 0.4) is 0 Å². The number of rotatable bonds is 7. The van der Waals surface area contributed by atoms with Gasteiger partial charge in [0, 0.05) is 11.3 Å². The lowest BCUT2D eigenvalue weighted by Crippen LogP contribution is -2.33. The maximum absolute atomic E-state index is 13.6. The summed E-state index contributed by atoms with van der Waals surface area (Å²) in [7, 11) is 0. The van der Waals surface area contributed by atoms with Crippen LogP contribution in [0.4, 0.5) is 4.39 Å². The Labute approximate surface area is 196 Å². The van der Waals surface area contributed by atoms with E-state index < -0.39 is 0 Å². The van der Waals surface area contributed by atoms with Gasteiger partial charge in [-0.25, -0.2) is 4.39 Å². The van der Waals surface area contributed by atoms with E-state index in [0.29, 0.717) is 22.7 Å². The standard InChI is InChI=1S/C24H25FN6OS/c1-17(30-14-6-3-7-15-30)22-27-29-24(31(22)20-12-10-19(25)11-13-20)33-16-21-26-28-23(32-21)18-8-4-2-5-9-18/h2,4-5,8-13,17H,3,6-7,14-16H2,1H3. The molecule has 1 unspecified atom stereocenters. The molecule has 170 valence electrons. The van der Waals surface area contributed by atoms with E-state index >= 15 is 0 Å². The molecule has 7 nitrogen and oxygen atoms in total. The predicted octanol–water partition coefficient (Wildman–Crippen LogP) is 5.30. The highest BCUT2D eigenvalue weighted by Crippen LogP contribution is 2.31. The zero-order valence-electron chi connectivity index (χ0n) is 18.4. The van der Waals surface area contributed by atoms with Gasteiger partial charge in [-0.2, -0.15) is 0 Å². The van der Waals surface area contributed by atoms with E-state index in [-0.39, 0.29) is 11.9 Å². The van der Waals surface area contributed by atoms with Gasteiger partial charge < -0.3 is 4.42 Å².